The Labute approximate surface area is 95.7 Å². The van der Waals surface area contributed by atoms with E-state index in [9.17, 15) is 0 Å². The molecule has 4 heteroatoms. The van der Waals surface area contributed by atoms with E-state index in [0.717, 1.165) is 30.7 Å². The topological polar surface area (TPSA) is 42.7 Å². The summed E-state index contributed by atoms with van der Waals surface area (Å²) in [5.41, 5.74) is 1.96. The van der Waals surface area contributed by atoms with Crippen LogP contribution in [0.25, 0.3) is 11.2 Å². The van der Waals surface area contributed by atoms with E-state index in [1.807, 2.05) is 31.7 Å². The zero-order chi connectivity index (χ0) is 11.4. The van der Waals surface area contributed by atoms with Crippen molar-refractivity contribution in [1.29, 1.82) is 0 Å². The highest BCUT2D eigenvalue weighted by atomic mass is 15.1. The monoisotopic (exact) mass is 218 g/mol. The maximum absolute atomic E-state index is 4.35. The van der Waals surface area contributed by atoms with Crippen molar-refractivity contribution < 1.29 is 0 Å². The fraction of sp³-hybridized carbons (Fsp3) is 0.500. The molecule has 86 valence electrons. The molecule has 4 nitrogen and oxygen atoms in total. The number of pyridine rings is 1. The van der Waals surface area contributed by atoms with Crippen LogP contribution in [0, 0.1) is 5.92 Å². The number of rotatable bonds is 5. The molecule has 0 amide bonds. The highest BCUT2D eigenvalue weighted by Gasteiger charge is 2.05. The molecule has 2 aromatic rings. The standard InChI is InChI=1S/C12H18N4/c1-10(8-13-2)5-7-16-9-15-11-4-3-6-14-12(11)16/h3-4,6,9-10,13H,5,7-8H2,1-2H3. The van der Waals surface area contributed by atoms with Gasteiger partial charge < -0.3 is 9.88 Å². The Morgan fingerprint density at radius 2 is 2.31 bits per heavy atom. The minimum Gasteiger partial charge on any atom is -0.319 e. The molecule has 0 bridgehead atoms. The zero-order valence-electron chi connectivity index (χ0n) is 9.85. The Balaban J connectivity index is 2.04. The van der Waals surface area contributed by atoms with E-state index in [-0.39, 0.29) is 0 Å². The van der Waals surface area contributed by atoms with Gasteiger partial charge in [0.2, 0.25) is 0 Å². The van der Waals surface area contributed by atoms with Crippen molar-refractivity contribution in [3.05, 3.63) is 24.7 Å². The van der Waals surface area contributed by atoms with E-state index in [1.54, 1.807) is 0 Å². The molecule has 1 unspecified atom stereocenters. The predicted molar refractivity (Wildman–Crippen MR) is 65.2 cm³/mol. The van der Waals surface area contributed by atoms with Crippen LogP contribution in [0.5, 0.6) is 0 Å². The van der Waals surface area contributed by atoms with Gasteiger partial charge in [0.1, 0.15) is 5.52 Å². The number of hydrogen-bond donors (Lipinski definition) is 1. The molecular formula is C12H18N4. The fourth-order valence-corrected chi connectivity index (χ4v) is 1.87. The number of nitrogens with zero attached hydrogens (tertiary/aromatic N) is 3. The average molecular weight is 218 g/mol. The van der Waals surface area contributed by atoms with Gasteiger partial charge in [-0.2, -0.15) is 0 Å². The lowest BCUT2D eigenvalue weighted by molar-refractivity contribution is 0.466. The zero-order valence-corrected chi connectivity index (χ0v) is 9.85. The van der Waals surface area contributed by atoms with Gasteiger partial charge in [0.05, 0.1) is 6.33 Å². The third-order valence-corrected chi connectivity index (χ3v) is 2.79. The summed E-state index contributed by atoms with van der Waals surface area (Å²) < 4.78 is 2.13. The Bertz CT molecular complexity index is 449. The summed E-state index contributed by atoms with van der Waals surface area (Å²) in [4.78, 5) is 8.68. The van der Waals surface area contributed by atoms with Crippen LogP contribution in [0.1, 0.15) is 13.3 Å². The van der Waals surface area contributed by atoms with Gasteiger partial charge in [-0.15, -0.1) is 0 Å². The lowest BCUT2D eigenvalue weighted by atomic mass is 10.1. The number of aromatic nitrogens is 3. The molecule has 0 aliphatic heterocycles. The number of aryl methyl sites for hydroxylation is 1. The minimum atomic E-state index is 0.672. The van der Waals surface area contributed by atoms with Gasteiger partial charge in [0.25, 0.3) is 0 Å². The van der Waals surface area contributed by atoms with Crippen molar-refractivity contribution in [1.82, 2.24) is 19.9 Å². The molecule has 0 spiro atoms. The Morgan fingerprint density at radius 1 is 1.44 bits per heavy atom. The lowest BCUT2D eigenvalue weighted by Crippen LogP contribution is -2.17. The van der Waals surface area contributed by atoms with Gasteiger partial charge in [-0.05, 0) is 38.1 Å². The van der Waals surface area contributed by atoms with Gasteiger partial charge >= 0.3 is 0 Å². The summed E-state index contributed by atoms with van der Waals surface area (Å²) in [5, 5.41) is 3.19. The fourth-order valence-electron chi connectivity index (χ4n) is 1.87. The highest BCUT2D eigenvalue weighted by Crippen LogP contribution is 2.11. The normalized spacial score (nSPS) is 13.1. The first-order valence-corrected chi connectivity index (χ1v) is 5.71. The summed E-state index contributed by atoms with van der Waals surface area (Å²) in [6.45, 7) is 4.29. The van der Waals surface area contributed by atoms with Crippen molar-refractivity contribution in [2.45, 2.75) is 19.9 Å². The van der Waals surface area contributed by atoms with Crippen LogP contribution < -0.4 is 5.32 Å². The molecule has 0 saturated carbocycles. The molecule has 0 saturated heterocycles. The first-order valence-electron chi connectivity index (χ1n) is 5.71. The van der Waals surface area contributed by atoms with Crippen molar-refractivity contribution in [2.24, 2.45) is 5.92 Å². The number of nitrogens with one attached hydrogen (secondary N) is 1. The van der Waals surface area contributed by atoms with Gasteiger partial charge in [-0.1, -0.05) is 6.92 Å². The average Bonchev–Trinajstić information content (AvgIpc) is 2.70. The van der Waals surface area contributed by atoms with Crippen LogP contribution in [0.4, 0.5) is 0 Å². The van der Waals surface area contributed by atoms with Crippen LogP contribution in [0.3, 0.4) is 0 Å². The summed E-state index contributed by atoms with van der Waals surface area (Å²) in [6, 6.07) is 3.92. The van der Waals surface area contributed by atoms with E-state index in [0.29, 0.717) is 5.92 Å². The van der Waals surface area contributed by atoms with E-state index in [2.05, 4.69) is 26.8 Å². The molecular weight excluding hydrogens is 200 g/mol. The SMILES string of the molecule is CNCC(C)CCn1cnc2cccnc21. The first-order chi connectivity index (χ1) is 7.81. The van der Waals surface area contributed by atoms with Gasteiger partial charge in [0, 0.05) is 12.7 Å². The van der Waals surface area contributed by atoms with E-state index >= 15 is 0 Å². The smallest absolute Gasteiger partial charge is 0.159 e. The van der Waals surface area contributed by atoms with E-state index in [4.69, 9.17) is 0 Å². The van der Waals surface area contributed by atoms with Crippen LogP contribution in [0.15, 0.2) is 24.7 Å². The second kappa shape index (κ2) is 5.07. The molecule has 0 fully saturated rings. The summed E-state index contributed by atoms with van der Waals surface area (Å²) >= 11 is 0. The van der Waals surface area contributed by atoms with Gasteiger partial charge in [-0.3, -0.25) is 0 Å². The lowest BCUT2D eigenvalue weighted by Gasteiger charge is -2.10. The van der Waals surface area contributed by atoms with Gasteiger partial charge in [-0.25, -0.2) is 9.97 Å². The number of hydrogen-bond acceptors (Lipinski definition) is 3. The van der Waals surface area contributed by atoms with Crippen molar-refractivity contribution in [3.8, 4) is 0 Å². The molecule has 2 heterocycles. The van der Waals surface area contributed by atoms with Crippen molar-refractivity contribution in [2.75, 3.05) is 13.6 Å². The Hall–Kier alpha value is -1.42. The van der Waals surface area contributed by atoms with Crippen molar-refractivity contribution >= 4 is 11.2 Å². The minimum absolute atomic E-state index is 0.672. The summed E-state index contributed by atoms with van der Waals surface area (Å²) in [7, 11) is 1.99. The third kappa shape index (κ3) is 2.39. The van der Waals surface area contributed by atoms with E-state index < -0.39 is 0 Å². The highest BCUT2D eigenvalue weighted by molar-refractivity contribution is 5.69. The molecule has 0 aromatic carbocycles. The number of imidazole rings is 1. The van der Waals surface area contributed by atoms with Crippen LogP contribution >= 0.6 is 0 Å². The molecule has 2 aromatic heterocycles. The Kier molecular flexibility index (Phi) is 3.51. The molecule has 0 aliphatic rings. The first kappa shape index (κ1) is 11.1. The quantitative estimate of drug-likeness (QED) is 0.830. The molecule has 1 N–H and O–H groups in total. The van der Waals surface area contributed by atoms with E-state index in [1.165, 1.54) is 0 Å². The number of fused-ring (bicyclic) bond motifs is 1. The summed E-state index contributed by atoms with van der Waals surface area (Å²) in [6.07, 6.45) is 4.84. The summed E-state index contributed by atoms with van der Waals surface area (Å²) in [5.74, 6) is 0.672. The second-order valence-corrected chi connectivity index (χ2v) is 4.24. The second-order valence-electron chi connectivity index (χ2n) is 4.24. The molecule has 16 heavy (non-hydrogen) atoms. The van der Waals surface area contributed by atoms with Crippen LogP contribution in [-0.2, 0) is 6.54 Å². The molecule has 1 atom stereocenters. The maximum atomic E-state index is 4.35. The molecule has 0 radical (unpaired) electrons. The van der Waals surface area contributed by atoms with Crippen LogP contribution in [0.2, 0.25) is 0 Å². The predicted octanol–water partition coefficient (Wildman–Crippen LogP) is 1.68. The van der Waals surface area contributed by atoms with Crippen LogP contribution in [-0.4, -0.2) is 28.1 Å². The third-order valence-electron chi connectivity index (χ3n) is 2.79. The molecule has 2 rings (SSSR count). The Morgan fingerprint density at radius 3 is 3.12 bits per heavy atom. The molecule has 0 aliphatic carbocycles. The largest absolute Gasteiger partial charge is 0.319 e. The van der Waals surface area contributed by atoms with Gasteiger partial charge in [0.15, 0.2) is 5.65 Å². The maximum Gasteiger partial charge on any atom is 0.159 e. The van der Waals surface area contributed by atoms with Crippen molar-refractivity contribution in [3.63, 3.8) is 0 Å².